The van der Waals surface area contributed by atoms with Crippen LogP contribution < -0.4 is 0 Å². The number of unbranched alkanes of at least 4 members (excludes halogenated alkanes) is 8. The van der Waals surface area contributed by atoms with E-state index in [9.17, 15) is 52.7 Å². The number of aliphatic carboxylic acids is 5. The quantitative estimate of drug-likeness (QED) is 0.0134. The van der Waals surface area contributed by atoms with Gasteiger partial charge in [0.15, 0.2) is 0 Å². The van der Waals surface area contributed by atoms with Crippen LogP contribution in [0.4, 0.5) is 0 Å². The molecule has 0 saturated carbocycles. The first kappa shape index (κ1) is 144. The van der Waals surface area contributed by atoms with E-state index < -0.39 is 62.9 Å². The van der Waals surface area contributed by atoms with Crippen molar-refractivity contribution in [1.82, 2.24) is 0 Å². The molecule has 0 aliphatic carbocycles. The minimum absolute atomic E-state index is 0.0128. The highest BCUT2D eigenvalue weighted by molar-refractivity contribution is 5.78. The van der Waals surface area contributed by atoms with E-state index in [1.165, 1.54) is 83.9 Å². The van der Waals surface area contributed by atoms with Gasteiger partial charge >= 0.3 is 65.7 Å². The molecule has 6 rings (SSSR count). The third-order valence-corrected chi connectivity index (χ3v) is 26.7. The molecule has 0 aromatic heterocycles. The maximum absolute atomic E-state index is 11.7. The van der Waals surface area contributed by atoms with E-state index in [1.807, 2.05) is 62.3 Å². The Hall–Kier alpha value is -10.5. The van der Waals surface area contributed by atoms with Gasteiger partial charge in [-0.2, -0.15) is 0 Å². The van der Waals surface area contributed by atoms with Gasteiger partial charge in [-0.3, -0.25) is 52.7 Å². The van der Waals surface area contributed by atoms with Crippen molar-refractivity contribution in [2.24, 2.45) is 27.1 Å². The Morgan fingerprint density at radius 1 is 0.205 bits per heavy atom. The van der Waals surface area contributed by atoms with E-state index in [-0.39, 0.29) is 68.7 Å². The lowest BCUT2D eigenvalue weighted by Crippen LogP contribution is -2.27. The lowest BCUT2D eigenvalue weighted by atomic mass is 9.91. The maximum atomic E-state index is 11.7. The van der Waals surface area contributed by atoms with E-state index in [0.717, 1.165) is 51.4 Å². The fourth-order valence-electron chi connectivity index (χ4n) is 11.7. The van der Waals surface area contributed by atoms with Gasteiger partial charge in [0.05, 0.1) is 66.3 Å². The number of carboxylic acid groups (broad SMARTS) is 5. The molecule has 0 radical (unpaired) electrons. The molecule has 0 spiro atoms. The van der Waals surface area contributed by atoms with Crippen molar-refractivity contribution in [2.45, 2.75) is 435 Å². The number of esters is 6. The topological polar surface area (TPSA) is 344 Å². The molecule has 22 heteroatoms. The molecule has 22 nitrogen and oxygen atoms in total. The Bertz CT molecular complexity index is 3900. The molecule has 0 amide bonds. The van der Waals surface area contributed by atoms with Gasteiger partial charge < -0.3 is 54.0 Å². The molecule has 146 heavy (non-hydrogen) atoms. The van der Waals surface area contributed by atoms with Crippen molar-refractivity contribution in [3.63, 3.8) is 0 Å². The van der Waals surface area contributed by atoms with Gasteiger partial charge in [-0.1, -0.05) is 307 Å². The number of carbonyl (C=O) groups excluding carboxylic acids is 6. The zero-order valence-electron chi connectivity index (χ0n) is 95.9. The molecular formula is C124H200O22. The second-order valence-corrected chi connectivity index (χ2v) is 40.7. The summed E-state index contributed by atoms with van der Waals surface area (Å²) in [5, 5.41) is 42.2. The molecule has 7 atom stereocenters. The average molecular weight is 2040 g/mol. The van der Waals surface area contributed by atoms with Crippen molar-refractivity contribution >= 4 is 65.7 Å². The van der Waals surface area contributed by atoms with E-state index in [2.05, 4.69) is 273 Å². The van der Waals surface area contributed by atoms with Crippen LogP contribution in [0.15, 0.2) is 176 Å². The van der Waals surface area contributed by atoms with Gasteiger partial charge in [0, 0.05) is 25.7 Å². The zero-order valence-corrected chi connectivity index (χ0v) is 95.9. The summed E-state index contributed by atoms with van der Waals surface area (Å²) in [5.41, 5.74) is 7.68. The maximum Gasteiger partial charge on any atom is 0.311 e. The molecule has 0 bridgehead atoms. The molecule has 0 fully saturated rings. The van der Waals surface area contributed by atoms with Crippen LogP contribution in [0.25, 0.3) is 0 Å². The van der Waals surface area contributed by atoms with Crippen LogP contribution in [-0.4, -0.2) is 131 Å². The highest BCUT2D eigenvalue weighted by atomic mass is 16.6. The molecule has 0 heterocycles. The van der Waals surface area contributed by atoms with Gasteiger partial charge in [-0.15, -0.1) is 0 Å². The smallest absolute Gasteiger partial charge is 0.311 e. The number of rotatable bonds is 54. The van der Waals surface area contributed by atoms with Crippen LogP contribution in [0.1, 0.15) is 474 Å². The summed E-state index contributed by atoms with van der Waals surface area (Å²) in [4.78, 5) is 120. The summed E-state index contributed by atoms with van der Waals surface area (Å²) < 4.78 is 30.3. The Balaban J connectivity index is -0.000000510. The number of ether oxygens (including phenoxy) is 6. The lowest BCUT2D eigenvalue weighted by molar-refractivity contribution is -0.159. The monoisotopic (exact) mass is 2040 g/mol. The van der Waals surface area contributed by atoms with Crippen LogP contribution in [0.5, 0.6) is 0 Å². The summed E-state index contributed by atoms with van der Waals surface area (Å²) in [6.07, 6.45) is 21.4. The van der Waals surface area contributed by atoms with E-state index >= 15 is 0 Å². The predicted molar refractivity (Wildman–Crippen MR) is 597 cm³/mol. The van der Waals surface area contributed by atoms with E-state index in [4.69, 9.17) is 54.0 Å². The van der Waals surface area contributed by atoms with Crippen molar-refractivity contribution in [3.8, 4) is 0 Å². The summed E-state index contributed by atoms with van der Waals surface area (Å²) in [6.45, 7) is 60.3. The summed E-state index contributed by atoms with van der Waals surface area (Å²) in [7, 11) is 0. The van der Waals surface area contributed by atoms with Crippen LogP contribution in [0, 0.1) is 27.1 Å². The molecule has 0 saturated heterocycles. The molecular weight excluding hydrogens is 1840 g/mol. The largest absolute Gasteiger partial charge is 0.481 e. The summed E-state index contributed by atoms with van der Waals surface area (Å²) in [5.74, 6) is -0.896. The second-order valence-electron chi connectivity index (χ2n) is 40.7. The molecule has 0 aliphatic heterocycles. The number of benzene rings is 6. The fraction of sp³-hybridized carbons (Fsp3) is 0.621. The highest BCUT2D eigenvalue weighted by Crippen LogP contribution is 2.29. The third kappa shape index (κ3) is 77.0. The van der Waals surface area contributed by atoms with Gasteiger partial charge in [-0.25, -0.2) is 0 Å². The predicted octanol–water partition coefficient (Wildman–Crippen LogP) is 32.5. The third-order valence-electron chi connectivity index (χ3n) is 26.7. The first-order valence-electron chi connectivity index (χ1n) is 54.2. The van der Waals surface area contributed by atoms with Gasteiger partial charge in [0.25, 0.3) is 0 Å². The number of hydrogen-bond acceptors (Lipinski definition) is 17. The second kappa shape index (κ2) is 87.5. The molecule has 6 aromatic rings. The lowest BCUT2D eigenvalue weighted by Gasteiger charge is -2.20. The Morgan fingerprint density at radius 3 is 0.562 bits per heavy atom. The van der Waals surface area contributed by atoms with Gasteiger partial charge in [0.1, 0.15) is 13.2 Å². The molecule has 7 unspecified atom stereocenters. The number of carbonyl (C=O) groups is 11. The van der Waals surface area contributed by atoms with Crippen LogP contribution in [0.2, 0.25) is 0 Å². The fourth-order valence-corrected chi connectivity index (χ4v) is 11.7. The molecule has 0 aliphatic rings. The number of carboxylic acids is 5. The van der Waals surface area contributed by atoms with Crippen molar-refractivity contribution in [2.75, 3.05) is 39.6 Å². The standard InChI is InChI=1S/2C18H32O6.C14H22.C12H20O6.5C10H14.2C6H12O2/c2*1-4-18(2,3)17(22)24-14-10-6-8-12-16(21)23-13-9-5-7-11-15(19)20;1-5-11(3)13-7-9-14(10-8-13)12(4)6-2;1-4-12(2,3)11(16)18-8-7-17-10(15)6-5-9(13)14;5*1-3-9(2)10-7-5-4-6-8-10;2*1-4-6(2,3)5(7)8/h2*4-14H2,1-3H3,(H,19,20);7-12H,5-6H2,1-4H3;4-8H2,1-3H3,(H,13,14);5*4-9H,3H2,1-2H3;2*4H2,1-3H3,(H,7,8). The van der Waals surface area contributed by atoms with E-state index in [1.54, 1.807) is 41.5 Å². The van der Waals surface area contributed by atoms with Crippen molar-refractivity contribution in [1.29, 1.82) is 0 Å². The van der Waals surface area contributed by atoms with Crippen molar-refractivity contribution < 1.29 is 107 Å². The first-order chi connectivity index (χ1) is 68.8. The Labute approximate surface area is 883 Å². The van der Waals surface area contributed by atoms with Crippen LogP contribution >= 0.6 is 0 Å². The first-order valence-corrected chi connectivity index (χ1v) is 54.2. The normalized spacial score (nSPS) is 12.1. The minimum atomic E-state index is -1.05. The molecule has 6 aromatic carbocycles. The SMILES string of the molecule is CCC(C)(C)C(=O)O.CCC(C)(C)C(=O)O.CCC(C)(C)C(=O)OCCCCCC(=O)OCCCCCC(=O)O.CCC(C)(C)C(=O)OCCCCCC(=O)OCCCCCC(=O)O.CCC(C)(C)C(=O)OCCOC(=O)CCC(=O)O.CCC(C)c1ccc(C(C)CC)cc1.CCC(C)c1ccccc1.CCC(C)c1ccccc1.CCC(C)c1ccccc1.CCC(C)c1ccccc1.CCC(C)c1ccccc1. The van der Waals surface area contributed by atoms with Crippen LogP contribution in [-0.2, 0) is 81.2 Å². The Kier molecular flexibility index (Phi) is 86.3. The van der Waals surface area contributed by atoms with E-state index in [0.29, 0.717) is 138 Å². The summed E-state index contributed by atoms with van der Waals surface area (Å²) in [6, 6.07) is 62.3. The Morgan fingerprint density at radius 2 is 0.377 bits per heavy atom. The molecule has 5 N–H and O–H groups in total. The average Bonchev–Trinajstić information content (AvgIpc) is 0.630. The number of hydrogen-bond donors (Lipinski definition) is 5. The van der Waals surface area contributed by atoms with Gasteiger partial charge in [0.2, 0.25) is 0 Å². The van der Waals surface area contributed by atoms with Crippen molar-refractivity contribution in [3.05, 3.63) is 215 Å². The zero-order chi connectivity index (χ0) is 112. The van der Waals surface area contributed by atoms with Gasteiger partial charge in [-0.05, 0) is 304 Å². The highest BCUT2D eigenvalue weighted by Gasteiger charge is 2.30. The van der Waals surface area contributed by atoms with Crippen LogP contribution in [0.3, 0.4) is 0 Å². The molecule has 828 valence electrons. The summed E-state index contributed by atoms with van der Waals surface area (Å²) >= 11 is 0. The minimum Gasteiger partial charge on any atom is -0.481 e.